The first-order chi connectivity index (χ1) is 12.6. The number of hydrogen-bond acceptors (Lipinski definition) is 5. The maximum Gasteiger partial charge on any atom is 0.224 e. The highest BCUT2D eigenvalue weighted by molar-refractivity contribution is 6.31. The lowest BCUT2D eigenvalue weighted by Gasteiger charge is -2.43. The summed E-state index contributed by atoms with van der Waals surface area (Å²) in [5.41, 5.74) is 0.615. The molecule has 3 aliphatic heterocycles. The van der Waals surface area contributed by atoms with E-state index in [1.165, 1.54) is 0 Å². The minimum Gasteiger partial charge on any atom is -0.486 e. The second-order valence-corrected chi connectivity index (χ2v) is 7.57. The minimum atomic E-state index is -0.136. The SMILES string of the molecule is O=C(Cc1cc2c(cc1Cl)OCCO2)N[C@@H]1CCOC2(CCOCC2)C1. The summed E-state index contributed by atoms with van der Waals surface area (Å²) in [5, 5.41) is 3.68. The summed E-state index contributed by atoms with van der Waals surface area (Å²) < 4.78 is 22.6. The Labute approximate surface area is 158 Å². The average Bonchev–Trinajstić information content (AvgIpc) is 2.63. The van der Waals surface area contributed by atoms with E-state index in [9.17, 15) is 4.79 Å². The van der Waals surface area contributed by atoms with Gasteiger partial charge in [-0.05, 0) is 37.3 Å². The fourth-order valence-corrected chi connectivity index (χ4v) is 4.16. The summed E-state index contributed by atoms with van der Waals surface area (Å²) in [5.74, 6) is 1.25. The van der Waals surface area contributed by atoms with Gasteiger partial charge in [0.2, 0.25) is 5.91 Å². The zero-order valence-electron chi connectivity index (χ0n) is 14.7. The number of carbonyl (C=O) groups is 1. The molecule has 1 aromatic rings. The van der Waals surface area contributed by atoms with Crippen molar-refractivity contribution in [3.05, 3.63) is 22.7 Å². The van der Waals surface area contributed by atoms with Crippen molar-refractivity contribution in [2.24, 2.45) is 0 Å². The molecule has 6 nitrogen and oxygen atoms in total. The van der Waals surface area contributed by atoms with Crippen LogP contribution in [0.4, 0.5) is 0 Å². The van der Waals surface area contributed by atoms with Crippen molar-refractivity contribution in [3.8, 4) is 11.5 Å². The molecule has 3 aliphatic rings. The molecule has 2 saturated heterocycles. The first kappa shape index (κ1) is 17.9. The Bertz CT molecular complexity index is 669. The van der Waals surface area contributed by atoms with Crippen LogP contribution in [0.3, 0.4) is 0 Å². The molecule has 0 aromatic heterocycles. The number of rotatable bonds is 3. The lowest BCUT2D eigenvalue weighted by atomic mass is 9.84. The Morgan fingerprint density at radius 3 is 2.62 bits per heavy atom. The van der Waals surface area contributed by atoms with Gasteiger partial charge < -0.3 is 24.3 Å². The van der Waals surface area contributed by atoms with Gasteiger partial charge in [0.15, 0.2) is 11.5 Å². The summed E-state index contributed by atoms with van der Waals surface area (Å²) in [6, 6.07) is 3.66. The van der Waals surface area contributed by atoms with E-state index in [0.717, 1.165) is 44.5 Å². The molecule has 1 N–H and O–H groups in total. The third-order valence-electron chi connectivity index (χ3n) is 5.32. The van der Waals surface area contributed by atoms with Crippen LogP contribution in [0.25, 0.3) is 0 Å². The fourth-order valence-electron chi connectivity index (χ4n) is 3.94. The van der Waals surface area contributed by atoms with Crippen molar-refractivity contribution in [2.75, 3.05) is 33.0 Å². The van der Waals surface area contributed by atoms with Crippen LogP contribution in [0, 0.1) is 0 Å². The van der Waals surface area contributed by atoms with E-state index in [4.69, 9.17) is 30.5 Å². The van der Waals surface area contributed by atoms with Gasteiger partial charge >= 0.3 is 0 Å². The van der Waals surface area contributed by atoms with Gasteiger partial charge in [0.05, 0.1) is 12.0 Å². The van der Waals surface area contributed by atoms with Crippen LogP contribution in [-0.4, -0.2) is 50.6 Å². The van der Waals surface area contributed by atoms with Gasteiger partial charge in [0, 0.05) is 37.0 Å². The molecule has 4 rings (SSSR count). The Kier molecular flexibility index (Phi) is 5.25. The number of amides is 1. The maximum absolute atomic E-state index is 12.6. The molecule has 2 fully saturated rings. The second-order valence-electron chi connectivity index (χ2n) is 7.17. The molecular weight excluding hydrogens is 358 g/mol. The number of benzene rings is 1. The summed E-state index contributed by atoms with van der Waals surface area (Å²) in [7, 11) is 0. The predicted octanol–water partition coefficient (Wildman–Crippen LogP) is 2.50. The van der Waals surface area contributed by atoms with Gasteiger partial charge in [0.25, 0.3) is 0 Å². The molecule has 0 saturated carbocycles. The molecule has 3 heterocycles. The van der Waals surface area contributed by atoms with Crippen molar-refractivity contribution in [1.82, 2.24) is 5.32 Å². The molecule has 7 heteroatoms. The number of ether oxygens (including phenoxy) is 4. The lowest BCUT2D eigenvalue weighted by Crippen LogP contribution is -2.51. The Balaban J connectivity index is 1.38. The van der Waals surface area contributed by atoms with Crippen LogP contribution in [0.15, 0.2) is 12.1 Å². The molecule has 0 aliphatic carbocycles. The molecule has 1 aromatic carbocycles. The van der Waals surface area contributed by atoms with Gasteiger partial charge in [-0.15, -0.1) is 0 Å². The van der Waals surface area contributed by atoms with Crippen LogP contribution < -0.4 is 14.8 Å². The fraction of sp³-hybridized carbons (Fsp3) is 0.632. The molecule has 142 valence electrons. The van der Waals surface area contributed by atoms with Gasteiger partial charge in [-0.25, -0.2) is 0 Å². The highest BCUT2D eigenvalue weighted by Crippen LogP contribution is 2.36. The van der Waals surface area contributed by atoms with Crippen molar-refractivity contribution in [2.45, 2.75) is 43.7 Å². The van der Waals surface area contributed by atoms with Crippen LogP contribution in [0.5, 0.6) is 11.5 Å². The van der Waals surface area contributed by atoms with E-state index >= 15 is 0 Å². The smallest absolute Gasteiger partial charge is 0.224 e. The van der Waals surface area contributed by atoms with Crippen LogP contribution in [-0.2, 0) is 20.7 Å². The molecule has 0 radical (unpaired) electrons. The highest BCUT2D eigenvalue weighted by atomic mass is 35.5. The molecule has 1 amide bonds. The third kappa shape index (κ3) is 3.92. The minimum absolute atomic E-state index is 0.0299. The van der Waals surface area contributed by atoms with E-state index in [1.54, 1.807) is 12.1 Å². The number of hydrogen-bond donors (Lipinski definition) is 1. The van der Waals surface area contributed by atoms with E-state index in [0.29, 0.717) is 36.3 Å². The van der Waals surface area contributed by atoms with E-state index < -0.39 is 0 Å². The zero-order valence-corrected chi connectivity index (χ0v) is 15.5. The Morgan fingerprint density at radius 1 is 1.12 bits per heavy atom. The molecule has 1 spiro atoms. The zero-order chi connectivity index (χ0) is 18.0. The lowest BCUT2D eigenvalue weighted by molar-refractivity contribution is -0.143. The summed E-state index contributed by atoms with van der Waals surface area (Å²) >= 11 is 6.32. The molecule has 1 atom stereocenters. The van der Waals surface area contributed by atoms with Gasteiger partial charge in [0.1, 0.15) is 13.2 Å². The van der Waals surface area contributed by atoms with Gasteiger partial charge in [-0.3, -0.25) is 4.79 Å². The number of nitrogens with one attached hydrogen (secondary N) is 1. The van der Waals surface area contributed by atoms with Gasteiger partial charge in [-0.1, -0.05) is 11.6 Å². The largest absolute Gasteiger partial charge is 0.486 e. The predicted molar refractivity (Wildman–Crippen MR) is 96.0 cm³/mol. The Morgan fingerprint density at radius 2 is 1.85 bits per heavy atom. The number of carbonyl (C=O) groups excluding carboxylic acids is 1. The Hall–Kier alpha value is -1.50. The van der Waals surface area contributed by atoms with Gasteiger partial charge in [-0.2, -0.15) is 0 Å². The standard InChI is InChI=1S/C19H24ClNO5/c20-15-11-17-16(24-7-8-25-17)9-13(15)10-18(22)21-14-1-4-26-19(12-14)2-5-23-6-3-19/h9,11,14H,1-8,10,12H2,(H,21,22)/t14-/m1/s1. The van der Waals surface area contributed by atoms with E-state index in [1.807, 2.05) is 0 Å². The van der Waals surface area contributed by atoms with Crippen LogP contribution in [0.2, 0.25) is 5.02 Å². The topological polar surface area (TPSA) is 66.0 Å². The number of halogens is 1. The monoisotopic (exact) mass is 381 g/mol. The van der Waals surface area contributed by atoms with Crippen molar-refractivity contribution >= 4 is 17.5 Å². The van der Waals surface area contributed by atoms with Crippen molar-refractivity contribution in [3.63, 3.8) is 0 Å². The molecule has 0 bridgehead atoms. The van der Waals surface area contributed by atoms with Crippen molar-refractivity contribution < 1.29 is 23.7 Å². The summed E-state index contributed by atoms with van der Waals surface area (Å²) in [4.78, 5) is 12.6. The maximum atomic E-state index is 12.6. The van der Waals surface area contributed by atoms with Crippen LogP contribution in [0.1, 0.15) is 31.2 Å². The quantitative estimate of drug-likeness (QED) is 0.871. The molecule has 26 heavy (non-hydrogen) atoms. The summed E-state index contributed by atoms with van der Waals surface area (Å²) in [6.07, 6.45) is 3.70. The second kappa shape index (κ2) is 7.62. The summed E-state index contributed by atoms with van der Waals surface area (Å²) in [6.45, 7) is 3.16. The van der Waals surface area contributed by atoms with Crippen LogP contribution >= 0.6 is 11.6 Å². The first-order valence-electron chi connectivity index (χ1n) is 9.23. The molecule has 0 unspecified atom stereocenters. The van der Waals surface area contributed by atoms with Crippen molar-refractivity contribution in [1.29, 1.82) is 0 Å². The average molecular weight is 382 g/mol. The highest BCUT2D eigenvalue weighted by Gasteiger charge is 2.39. The first-order valence-corrected chi connectivity index (χ1v) is 9.60. The van der Waals surface area contributed by atoms with E-state index in [-0.39, 0.29) is 24.0 Å². The normalized spacial score (nSPS) is 24.3. The molecular formula is C19H24ClNO5. The third-order valence-corrected chi connectivity index (χ3v) is 5.68. The van der Waals surface area contributed by atoms with E-state index in [2.05, 4.69) is 5.32 Å². The number of fused-ring (bicyclic) bond motifs is 1.